The van der Waals surface area contributed by atoms with Crippen molar-refractivity contribution < 1.29 is 29.2 Å². The number of rotatable bonds is 4. The number of cyclic esters (lactones) is 1. The van der Waals surface area contributed by atoms with Crippen LogP contribution in [0.2, 0.25) is 0 Å². The van der Waals surface area contributed by atoms with E-state index in [-0.39, 0.29) is 48.1 Å². The number of esters is 1. The Labute approximate surface area is 229 Å². The number of hydrogen-bond acceptors (Lipinski definition) is 8. The van der Waals surface area contributed by atoms with Gasteiger partial charge in [0.1, 0.15) is 24.3 Å². The lowest BCUT2D eigenvalue weighted by Crippen LogP contribution is -2.50. The summed E-state index contributed by atoms with van der Waals surface area (Å²) < 4.78 is 21.8. The number of aliphatic hydroxyl groups excluding tert-OH is 1. The van der Waals surface area contributed by atoms with Gasteiger partial charge in [0.15, 0.2) is 5.60 Å². The van der Waals surface area contributed by atoms with Crippen LogP contribution in [-0.4, -0.2) is 42.7 Å². The number of carbonyl (C=O) groups is 1. The van der Waals surface area contributed by atoms with Gasteiger partial charge < -0.3 is 24.6 Å². The standard InChI is InChI=1S/C30H32FN3O6/c1-3-30(39)18-10-22-25-16(12-34(22)26(35)17(18)13-40-28(30)37)24-20(33-27(36)29(38)8-4-5-9-29)7-6-15-14(2)19(31)11-21(32-25)23(15)24/h10-11,20,27,33,36,38-39H,3-9,12-13H2,1-2H3/t20-,27?,30-/m0/s1. The number of fused-ring (bicyclic) bond motifs is 5. The van der Waals surface area contributed by atoms with Crippen molar-refractivity contribution in [2.75, 3.05) is 0 Å². The molecule has 2 aromatic heterocycles. The van der Waals surface area contributed by atoms with E-state index in [1.165, 1.54) is 6.07 Å². The summed E-state index contributed by atoms with van der Waals surface area (Å²) in [5.41, 5.74) is 1.30. The van der Waals surface area contributed by atoms with Crippen LogP contribution in [0.4, 0.5) is 4.39 Å². The third-order valence-corrected chi connectivity index (χ3v) is 9.72. The van der Waals surface area contributed by atoms with Gasteiger partial charge in [-0.05, 0) is 61.8 Å². The number of halogens is 1. The molecule has 0 radical (unpaired) electrons. The maximum Gasteiger partial charge on any atom is 0.343 e. The molecule has 1 fully saturated rings. The number of aliphatic hydroxyl groups is 3. The molecule has 40 heavy (non-hydrogen) atoms. The number of aromatic nitrogens is 2. The van der Waals surface area contributed by atoms with E-state index in [4.69, 9.17) is 9.72 Å². The molecule has 1 unspecified atom stereocenters. The number of hydrogen-bond donors (Lipinski definition) is 4. The van der Waals surface area contributed by atoms with Gasteiger partial charge in [0.2, 0.25) is 0 Å². The van der Waals surface area contributed by atoms with Crippen LogP contribution in [0, 0.1) is 12.7 Å². The first-order valence-electron chi connectivity index (χ1n) is 14.1. The van der Waals surface area contributed by atoms with E-state index in [9.17, 15) is 24.9 Å². The lowest BCUT2D eigenvalue weighted by molar-refractivity contribution is -0.172. The first-order chi connectivity index (χ1) is 19.1. The van der Waals surface area contributed by atoms with Gasteiger partial charge in [0.05, 0.1) is 29.0 Å². The SMILES string of the molecule is CC[C@@]1(O)C(=O)OCc2c1cc1n(c2=O)Cc2c-1nc1cc(F)c(C)c3c1c2[C@@H](NC(O)C1(O)CCCC1)CC3. The van der Waals surface area contributed by atoms with Crippen molar-refractivity contribution in [1.82, 2.24) is 14.9 Å². The third-order valence-electron chi connectivity index (χ3n) is 9.72. The summed E-state index contributed by atoms with van der Waals surface area (Å²) >= 11 is 0. The summed E-state index contributed by atoms with van der Waals surface area (Å²) in [7, 11) is 0. The van der Waals surface area contributed by atoms with Crippen LogP contribution in [0.25, 0.3) is 22.3 Å². The van der Waals surface area contributed by atoms with E-state index >= 15 is 4.39 Å². The molecule has 2 aliphatic carbocycles. The second kappa shape index (κ2) is 8.66. The fourth-order valence-corrected chi connectivity index (χ4v) is 7.33. The Morgan fingerprint density at radius 2 is 1.95 bits per heavy atom. The average molecular weight is 550 g/mol. The molecule has 9 nitrogen and oxygen atoms in total. The lowest BCUT2D eigenvalue weighted by atomic mass is 9.81. The lowest BCUT2D eigenvalue weighted by Gasteiger charge is -2.36. The number of nitrogens with one attached hydrogen (secondary N) is 1. The zero-order valence-electron chi connectivity index (χ0n) is 22.5. The molecule has 1 aromatic carbocycles. The van der Waals surface area contributed by atoms with E-state index in [0.29, 0.717) is 48.2 Å². The summed E-state index contributed by atoms with van der Waals surface area (Å²) in [6, 6.07) is 2.68. The van der Waals surface area contributed by atoms with Crippen LogP contribution < -0.4 is 10.9 Å². The van der Waals surface area contributed by atoms with Crippen LogP contribution >= 0.6 is 0 Å². The Hall–Kier alpha value is -3.18. The minimum atomic E-state index is -1.95. The Morgan fingerprint density at radius 3 is 2.67 bits per heavy atom. The van der Waals surface area contributed by atoms with Crippen LogP contribution in [0.5, 0.6) is 0 Å². The molecular weight excluding hydrogens is 517 g/mol. The molecule has 3 atom stereocenters. The number of pyridine rings is 2. The Bertz CT molecular complexity index is 1680. The van der Waals surface area contributed by atoms with Crippen molar-refractivity contribution in [3.63, 3.8) is 0 Å². The zero-order valence-corrected chi connectivity index (χ0v) is 22.5. The molecule has 10 heteroatoms. The predicted molar refractivity (Wildman–Crippen MR) is 143 cm³/mol. The fraction of sp³-hybridized carbons (Fsp3) is 0.500. The average Bonchev–Trinajstić information content (AvgIpc) is 3.55. The van der Waals surface area contributed by atoms with Gasteiger partial charge in [-0.1, -0.05) is 19.8 Å². The van der Waals surface area contributed by atoms with Gasteiger partial charge in [0.25, 0.3) is 5.56 Å². The highest BCUT2D eigenvalue weighted by Crippen LogP contribution is 2.46. The topological polar surface area (TPSA) is 134 Å². The number of nitrogens with zero attached hydrogens (tertiary/aromatic N) is 2. The predicted octanol–water partition coefficient (Wildman–Crippen LogP) is 2.73. The molecule has 0 bridgehead atoms. The van der Waals surface area contributed by atoms with E-state index in [1.807, 2.05) is 0 Å². The van der Waals surface area contributed by atoms with Crippen LogP contribution in [-0.2, 0) is 34.7 Å². The molecule has 3 aromatic rings. The molecule has 4 aliphatic rings. The Kier molecular flexibility index (Phi) is 5.58. The summed E-state index contributed by atoms with van der Waals surface area (Å²) in [5.74, 6) is -1.16. The maximum absolute atomic E-state index is 15.1. The van der Waals surface area contributed by atoms with E-state index in [2.05, 4.69) is 5.32 Å². The highest BCUT2D eigenvalue weighted by atomic mass is 19.1. The monoisotopic (exact) mass is 549 g/mol. The fourth-order valence-electron chi connectivity index (χ4n) is 7.33. The molecule has 0 saturated heterocycles. The second-order valence-corrected chi connectivity index (χ2v) is 11.8. The molecule has 0 spiro atoms. The van der Waals surface area contributed by atoms with Gasteiger partial charge >= 0.3 is 5.97 Å². The number of carbonyl (C=O) groups excluding carboxylic acids is 1. The summed E-state index contributed by atoms with van der Waals surface area (Å²) in [5, 5.41) is 37.5. The van der Waals surface area contributed by atoms with Crippen molar-refractivity contribution in [2.24, 2.45) is 0 Å². The minimum Gasteiger partial charge on any atom is -0.458 e. The molecule has 0 amide bonds. The minimum absolute atomic E-state index is 0.0334. The Balaban J connectivity index is 1.45. The van der Waals surface area contributed by atoms with Gasteiger partial charge in [-0.2, -0.15) is 0 Å². The molecular formula is C30H32FN3O6. The van der Waals surface area contributed by atoms with Crippen LogP contribution in [0.1, 0.15) is 84.9 Å². The third kappa shape index (κ3) is 3.36. The van der Waals surface area contributed by atoms with Gasteiger partial charge in [-0.3, -0.25) is 10.1 Å². The second-order valence-electron chi connectivity index (χ2n) is 11.8. The zero-order chi connectivity index (χ0) is 28.1. The quantitative estimate of drug-likeness (QED) is 0.226. The first-order valence-corrected chi connectivity index (χ1v) is 14.1. The van der Waals surface area contributed by atoms with Crippen molar-refractivity contribution in [3.8, 4) is 11.4 Å². The molecule has 4 heterocycles. The van der Waals surface area contributed by atoms with Gasteiger partial charge in [-0.15, -0.1) is 0 Å². The molecule has 210 valence electrons. The largest absolute Gasteiger partial charge is 0.458 e. The number of ether oxygens (including phenoxy) is 1. The van der Waals surface area contributed by atoms with E-state index in [0.717, 1.165) is 34.9 Å². The smallest absolute Gasteiger partial charge is 0.343 e. The maximum atomic E-state index is 15.1. The molecule has 7 rings (SSSR count). The summed E-state index contributed by atoms with van der Waals surface area (Å²) in [6.45, 7) is 3.37. The van der Waals surface area contributed by atoms with Gasteiger partial charge in [-0.25, -0.2) is 14.2 Å². The van der Waals surface area contributed by atoms with Crippen molar-refractivity contribution in [3.05, 3.63) is 61.7 Å². The van der Waals surface area contributed by atoms with E-state index < -0.39 is 23.4 Å². The van der Waals surface area contributed by atoms with Crippen molar-refractivity contribution in [1.29, 1.82) is 0 Å². The highest BCUT2D eigenvalue weighted by Gasteiger charge is 2.46. The summed E-state index contributed by atoms with van der Waals surface area (Å²) in [4.78, 5) is 31.1. The van der Waals surface area contributed by atoms with Crippen LogP contribution in [0.3, 0.4) is 0 Å². The first kappa shape index (κ1) is 25.8. The molecule has 2 aliphatic heterocycles. The van der Waals surface area contributed by atoms with E-state index in [1.54, 1.807) is 24.5 Å². The number of aryl methyl sites for hydroxylation is 1. The highest BCUT2D eigenvalue weighted by molar-refractivity contribution is 5.93. The molecule has 4 N–H and O–H groups in total. The molecule has 1 saturated carbocycles. The number of benzene rings is 1. The Morgan fingerprint density at radius 1 is 1.20 bits per heavy atom. The van der Waals surface area contributed by atoms with Gasteiger partial charge in [0, 0.05) is 28.6 Å². The normalized spacial score (nSPS) is 24.9. The van der Waals surface area contributed by atoms with Crippen LogP contribution in [0.15, 0.2) is 16.9 Å². The van der Waals surface area contributed by atoms with Crippen molar-refractivity contribution >= 4 is 16.9 Å². The van der Waals surface area contributed by atoms with Crippen molar-refractivity contribution in [2.45, 2.75) is 95.4 Å². The summed E-state index contributed by atoms with van der Waals surface area (Å²) in [6.07, 6.45) is 2.72.